The fraction of sp³-hybridized carbons (Fsp3) is 0.0385. The molecule has 0 amide bonds. The lowest BCUT2D eigenvalue weighted by Crippen LogP contribution is -2.10. The first-order valence-corrected chi connectivity index (χ1v) is 20.0. The Balaban J connectivity index is 0.000000389. The Morgan fingerprint density at radius 2 is 1.31 bits per heavy atom. The van der Waals surface area contributed by atoms with Crippen LogP contribution in [0.25, 0.3) is 86.3 Å². The quantitative estimate of drug-likeness (QED) is 0.0916. The van der Waals surface area contributed by atoms with Crippen LogP contribution in [-0.4, -0.2) is 12.1 Å². The molecule has 10 rings (SSSR count). The van der Waals surface area contributed by atoms with Crippen LogP contribution < -0.4 is 5.73 Å². The first-order chi connectivity index (χ1) is 28.5. The Kier molecular flexibility index (Phi) is 9.84. The number of fused-ring (bicyclic) bond motifs is 9. The predicted molar refractivity (Wildman–Crippen MR) is 248 cm³/mol. The van der Waals surface area contributed by atoms with Crippen molar-refractivity contribution in [1.82, 2.24) is 0 Å². The molecule has 3 N–H and O–H groups in total. The summed E-state index contributed by atoms with van der Waals surface area (Å²) in [5.41, 5.74) is 16.3. The summed E-state index contributed by atoms with van der Waals surface area (Å²) in [6.07, 6.45) is 8.89. The van der Waals surface area contributed by atoms with Crippen LogP contribution >= 0.6 is 11.3 Å². The van der Waals surface area contributed by atoms with Gasteiger partial charge in [0.15, 0.2) is 0 Å². The van der Waals surface area contributed by atoms with E-state index in [1.165, 1.54) is 36.9 Å². The molecule has 0 bridgehead atoms. The van der Waals surface area contributed by atoms with Crippen LogP contribution in [0.4, 0.5) is 0 Å². The Bertz CT molecular complexity index is 3270. The second kappa shape index (κ2) is 15.7. The second-order valence-corrected chi connectivity index (χ2v) is 15.1. The number of thiophene rings is 1. The third-order valence-electron chi connectivity index (χ3n) is 10.4. The molecule has 10 aromatic rings. The maximum Gasteiger partial charge on any atom is 0.136 e. The molecule has 0 atom stereocenters. The van der Waals surface area contributed by atoms with E-state index in [2.05, 4.69) is 122 Å². The third kappa shape index (κ3) is 6.91. The fourth-order valence-corrected chi connectivity index (χ4v) is 8.77. The number of allylic oxidation sites excluding steroid dienone is 3. The van der Waals surface area contributed by atoms with Gasteiger partial charge in [-0.15, -0.1) is 11.3 Å². The SMILES string of the molecule is C(=NCc1ccccc1)c1cccc2oc3ccc(-c4cccc5oc6ccc(-c7ccc8c(c7)sc7ccccc78)cc6c45)cc3c12.C=C/C=C\C(=C/C)C(=N)N. The summed E-state index contributed by atoms with van der Waals surface area (Å²) in [5, 5.41) is 14.1. The zero-order valence-corrected chi connectivity index (χ0v) is 32.7. The normalized spacial score (nSPS) is 12.1. The molecule has 280 valence electrons. The van der Waals surface area contributed by atoms with E-state index < -0.39 is 0 Å². The van der Waals surface area contributed by atoms with E-state index in [4.69, 9.17) is 25.0 Å². The Morgan fingerprint density at radius 3 is 2.09 bits per heavy atom. The molecule has 0 aliphatic carbocycles. The van der Waals surface area contributed by atoms with Crippen LogP contribution in [0.5, 0.6) is 0 Å². The minimum Gasteiger partial charge on any atom is -0.456 e. The summed E-state index contributed by atoms with van der Waals surface area (Å²) >= 11 is 1.85. The molecule has 0 aliphatic rings. The molecule has 0 radical (unpaired) electrons. The van der Waals surface area contributed by atoms with Gasteiger partial charge in [-0.2, -0.15) is 0 Å². The standard InChI is InChI=1S/C44H27NO2S.C8H12N2/c1-2-8-27(9-3-1)25-45-26-31-10-6-13-39-43(31)35-23-30(18-21-37(35)46-39)32-12-7-14-40-44(32)36-22-28(17-20-38(36)47-40)29-16-19-34-33-11-4-5-15-41(33)48-42(34)24-29;1-3-5-6-7(4-2)8(9)10/h1-24,26H,25H2;3-6H,1H2,2H3,(H3,9,10)/b;6-5-,7-4+. The minimum atomic E-state index is 0.0839. The van der Waals surface area contributed by atoms with Crippen molar-refractivity contribution in [1.29, 1.82) is 5.41 Å². The van der Waals surface area contributed by atoms with E-state index in [0.29, 0.717) is 6.54 Å². The summed E-state index contributed by atoms with van der Waals surface area (Å²) in [6, 6.07) is 51.4. The van der Waals surface area contributed by atoms with Gasteiger partial charge in [0.2, 0.25) is 0 Å². The summed E-state index contributed by atoms with van der Waals surface area (Å²) in [7, 11) is 0. The monoisotopic (exact) mass is 769 g/mol. The maximum atomic E-state index is 7.05. The fourth-order valence-electron chi connectivity index (χ4n) is 7.63. The van der Waals surface area contributed by atoms with Crippen molar-refractivity contribution in [3.8, 4) is 22.3 Å². The highest BCUT2D eigenvalue weighted by Gasteiger charge is 2.17. The number of hydrogen-bond acceptors (Lipinski definition) is 5. The highest BCUT2D eigenvalue weighted by atomic mass is 32.1. The molecule has 0 fully saturated rings. The second-order valence-electron chi connectivity index (χ2n) is 14.0. The average molecular weight is 770 g/mol. The first kappa shape index (κ1) is 36.4. The predicted octanol–water partition coefficient (Wildman–Crippen LogP) is 14.4. The molecule has 0 unspecified atom stereocenters. The molecule has 6 heteroatoms. The summed E-state index contributed by atoms with van der Waals surface area (Å²) < 4.78 is 15.4. The molecule has 0 saturated heterocycles. The number of hydrogen-bond donors (Lipinski definition) is 2. The van der Waals surface area contributed by atoms with E-state index in [1.807, 2.05) is 54.8 Å². The van der Waals surface area contributed by atoms with Crippen molar-refractivity contribution in [3.05, 3.63) is 193 Å². The van der Waals surface area contributed by atoms with Gasteiger partial charge in [0.05, 0.1) is 6.54 Å². The van der Waals surface area contributed by atoms with Gasteiger partial charge in [-0.05, 0) is 83.3 Å². The number of aliphatic imine (C=N–C) groups is 1. The van der Waals surface area contributed by atoms with Gasteiger partial charge in [-0.1, -0.05) is 128 Å². The molecule has 5 nitrogen and oxygen atoms in total. The lowest BCUT2D eigenvalue weighted by Gasteiger charge is -2.06. The number of nitrogens with zero attached hydrogens (tertiary/aromatic N) is 1. The smallest absolute Gasteiger partial charge is 0.136 e. The van der Waals surface area contributed by atoms with Gasteiger partial charge in [0.1, 0.15) is 28.2 Å². The third-order valence-corrected chi connectivity index (χ3v) is 11.6. The molecule has 0 saturated carbocycles. The van der Waals surface area contributed by atoms with Gasteiger partial charge in [0, 0.05) is 59.1 Å². The topological polar surface area (TPSA) is 88.5 Å². The Hall–Kier alpha value is -7.28. The molecule has 0 spiro atoms. The van der Waals surface area contributed by atoms with E-state index in [1.54, 1.807) is 24.3 Å². The number of rotatable bonds is 8. The molecule has 3 heterocycles. The highest BCUT2D eigenvalue weighted by molar-refractivity contribution is 7.25. The van der Waals surface area contributed by atoms with Crippen LogP contribution in [0.1, 0.15) is 18.1 Å². The maximum absolute atomic E-state index is 7.05. The molecule has 7 aromatic carbocycles. The zero-order valence-electron chi connectivity index (χ0n) is 31.9. The summed E-state index contributed by atoms with van der Waals surface area (Å²) in [6.45, 7) is 5.97. The van der Waals surface area contributed by atoms with Crippen molar-refractivity contribution < 1.29 is 8.83 Å². The van der Waals surface area contributed by atoms with Crippen molar-refractivity contribution >= 4 is 87.4 Å². The van der Waals surface area contributed by atoms with Gasteiger partial charge in [-0.3, -0.25) is 10.4 Å². The van der Waals surface area contributed by atoms with E-state index in [9.17, 15) is 0 Å². The van der Waals surface area contributed by atoms with Crippen molar-refractivity contribution in [3.63, 3.8) is 0 Å². The van der Waals surface area contributed by atoms with Crippen LogP contribution in [0, 0.1) is 5.41 Å². The van der Waals surface area contributed by atoms with Crippen LogP contribution in [0.3, 0.4) is 0 Å². The molecular weight excluding hydrogens is 731 g/mol. The number of furan rings is 2. The van der Waals surface area contributed by atoms with Crippen molar-refractivity contribution in [2.45, 2.75) is 13.5 Å². The van der Waals surface area contributed by atoms with E-state index in [-0.39, 0.29) is 5.84 Å². The van der Waals surface area contributed by atoms with Crippen molar-refractivity contribution in [2.75, 3.05) is 0 Å². The Labute approximate surface area is 339 Å². The molecule has 3 aromatic heterocycles. The number of nitrogens with one attached hydrogen (secondary N) is 1. The number of nitrogens with two attached hydrogens (primary N) is 1. The average Bonchev–Trinajstić information content (AvgIpc) is 3.95. The summed E-state index contributed by atoms with van der Waals surface area (Å²) in [4.78, 5) is 4.78. The molecule has 58 heavy (non-hydrogen) atoms. The molecular formula is C52H39N3O2S. The summed E-state index contributed by atoms with van der Waals surface area (Å²) in [5.74, 6) is 0.0839. The zero-order chi connectivity index (χ0) is 39.6. The van der Waals surface area contributed by atoms with Gasteiger partial charge in [-0.25, -0.2) is 0 Å². The minimum absolute atomic E-state index is 0.0839. The number of amidine groups is 1. The lowest BCUT2D eigenvalue weighted by molar-refractivity contribution is 0.669. The van der Waals surface area contributed by atoms with Gasteiger partial charge in [0.25, 0.3) is 0 Å². The van der Waals surface area contributed by atoms with Gasteiger partial charge < -0.3 is 14.6 Å². The van der Waals surface area contributed by atoms with Crippen LogP contribution in [-0.2, 0) is 6.54 Å². The molecule has 0 aliphatic heterocycles. The Morgan fingerprint density at radius 1 is 0.655 bits per heavy atom. The largest absolute Gasteiger partial charge is 0.456 e. The van der Waals surface area contributed by atoms with Crippen molar-refractivity contribution in [2.24, 2.45) is 10.7 Å². The van der Waals surface area contributed by atoms with Gasteiger partial charge >= 0.3 is 0 Å². The number of benzene rings is 7. The highest BCUT2D eigenvalue weighted by Crippen LogP contribution is 2.42. The lowest BCUT2D eigenvalue weighted by atomic mass is 9.96. The van der Waals surface area contributed by atoms with Crippen LogP contribution in [0.15, 0.2) is 196 Å². The van der Waals surface area contributed by atoms with Crippen LogP contribution in [0.2, 0.25) is 0 Å². The first-order valence-electron chi connectivity index (χ1n) is 19.1. The van der Waals surface area contributed by atoms with E-state index >= 15 is 0 Å². The van der Waals surface area contributed by atoms with E-state index in [0.717, 1.165) is 66.1 Å².